The molecule has 11 nitrogen and oxygen atoms in total. The van der Waals surface area contributed by atoms with Gasteiger partial charge in [-0.1, -0.05) is 82.6 Å². The van der Waals surface area contributed by atoms with Gasteiger partial charge < -0.3 is 28.7 Å². The summed E-state index contributed by atoms with van der Waals surface area (Å²) in [7, 11) is 0. The fourth-order valence-electron chi connectivity index (χ4n) is 10.6. The normalized spacial score (nSPS) is 18.6. The Morgan fingerprint density at radius 2 is 1.35 bits per heavy atom. The maximum absolute atomic E-state index is 13.9. The number of anilines is 2. The smallest absolute Gasteiger partial charge is 0.358 e. The van der Waals surface area contributed by atoms with Gasteiger partial charge in [0.05, 0.1) is 22.4 Å². The van der Waals surface area contributed by atoms with Crippen molar-refractivity contribution >= 4 is 72.9 Å². The predicted molar refractivity (Wildman–Crippen MR) is 300 cm³/mol. The number of nitrogens with zero attached hydrogens (tertiary/aromatic N) is 3. The Labute approximate surface area is 449 Å². The molecule has 3 heterocycles. The van der Waals surface area contributed by atoms with E-state index in [0.29, 0.717) is 60.0 Å². The van der Waals surface area contributed by atoms with Gasteiger partial charge in [-0.25, -0.2) is 14.8 Å². The van der Waals surface area contributed by atoms with Crippen molar-refractivity contribution < 1.29 is 33.4 Å². The number of unbranched alkanes of at least 4 members (excludes halogenated alkanes) is 2. The Bertz CT molecular complexity index is 2860. The van der Waals surface area contributed by atoms with E-state index in [1.807, 2.05) is 107 Å². The molecular formula is C61H71BrN4O7S. The number of benzene rings is 4. The number of aldehydes is 2. The van der Waals surface area contributed by atoms with Crippen LogP contribution in [0.4, 0.5) is 10.9 Å². The number of hydrogen-bond acceptors (Lipinski definition) is 11. The summed E-state index contributed by atoms with van der Waals surface area (Å²) in [6.07, 6.45) is 17.8. The first-order valence-electron chi connectivity index (χ1n) is 26.6. The summed E-state index contributed by atoms with van der Waals surface area (Å²) in [5.74, 6) is 3.20. The molecule has 0 bridgehead atoms. The Morgan fingerprint density at radius 1 is 0.730 bits per heavy atom. The lowest BCUT2D eigenvalue weighted by atomic mass is 9.84. The molecule has 2 saturated carbocycles. The van der Waals surface area contributed by atoms with E-state index in [4.69, 9.17) is 19.2 Å². The van der Waals surface area contributed by atoms with Crippen LogP contribution in [0.3, 0.4) is 0 Å². The maximum atomic E-state index is 13.9. The monoisotopic (exact) mass is 1080 g/mol. The molecule has 0 spiro atoms. The Morgan fingerprint density at radius 3 is 1.99 bits per heavy atom. The number of carbonyl (C=O) groups is 4. The van der Waals surface area contributed by atoms with Crippen LogP contribution in [0.2, 0.25) is 0 Å². The summed E-state index contributed by atoms with van der Waals surface area (Å²) in [4.78, 5) is 60.4. The molecule has 3 aliphatic rings. The van der Waals surface area contributed by atoms with Gasteiger partial charge in [0.15, 0.2) is 10.8 Å². The number of esters is 1. The van der Waals surface area contributed by atoms with Crippen LogP contribution in [-0.4, -0.2) is 58.8 Å². The van der Waals surface area contributed by atoms with Crippen molar-refractivity contribution in [2.75, 3.05) is 16.8 Å². The second-order valence-corrected chi connectivity index (χ2v) is 23.0. The molecule has 390 valence electrons. The first-order chi connectivity index (χ1) is 35.8. The van der Waals surface area contributed by atoms with Crippen LogP contribution in [0, 0.1) is 25.7 Å². The van der Waals surface area contributed by atoms with Gasteiger partial charge in [-0.05, 0) is 188 Å². The molecule has 74 heavy (non-hydrogen) atoms. The van der Waals surface area contributed by atoms with Crippen LogP contribution in [0.1, 0.15) is 154 Å². The van der Waals surface area contributed by atoms with E-state index in [-0.39, 0.29) is 17.7 Å². The number of amides is 1. The van der Waals surface area contributed by atoms with E-state index in [1.54, 1.807) is 0 Å². The Hall–Kier alpha value is -5.92. The average Bonchev–Trinajstić information content (AvgIpc) is 3.81. The molecule has 0 unspecified atom stereocenters. The highest BCUT2D eigenvalue weighted by Gasteiger charge is 2.29. The molecule has 1 N–H and O–H groups in total. The van der Waals surface area contributed by atoms with Gasteiger partial charge in [0, 0.05) is 47.1 Å². The molecule has 4 aromatic carbocycles. The third-order valence-corrected chi connectivity index (χ3v) is 16.5. The molecule has 1 aliphatic heterocycles. The summed E-state index contributed by atoms with van der Waals surface area (Å²) in [5, 5.41) is 3.58. The highest BCUT2D eigenvalue weighted by molar-refractivity contribution is 9.10. The van der Waals surface area contributed by atoms with Gasteiger partial charge in [-0.2, -0.15) is 0 Å². The predicted octanol–water partition coefficient (Wildman–Crippen LogP) is 14.8. The molecule has 0 saturated heterocycles. The second kappa shape index (κ2) is 25.5. The van der Waals surface area contributed by atoms with Crippen LogP contribution in [0.25, 0.3) is 21.3 Å². The number of fused-ring (bicyclic) bond motifs is 2. The summed E-state index contributed by atoms with van der Waals surface area (Å²) in [5.41, 5.74) is 6.70. The highest BCUT2D eigenvalue weighted by atomic mass is 79.9. The van der Waals surface area contributed by atoms with Gasteiger partial charge in [-0.3, -0.25) is 10.1 Å². The van der Waals surface area contributed by atoms with Crippen molar-refractivity contribution in [3.05, 3.63) is 129 Å². The minimum Gasteiger partial charge on any atom is -0.490 e. The first-order valence-corrected chi connectivity index (χ1v) is 28.2. The van der Waals surface area contributed by atoms with Gasteiger partial charge in [0.1, 0.15) is 35.5 Å². The second-order valence-electron chi connectivity index (χ2n) is 21.1. The van der Waals surface area contributed by atoms with Gasteiger partial charge >= 0.3 is 5.97 Å². The number of thiazole rings is 1. The van der Waals surface area contributed by atoms with Crippen molar-refractivity contribution in [3.63, 3.8) is 0 Å². The topological polar surface area (TPSA) is 137 Å². The molecule has 1 amide bonds. The van der Waals surface area contributed by atoms with E-state index < -0.39 is 11.6 Å². The third kappa shape index (κ3) is 14.3. The van der Waals surface area contributed by atoms with Crippen LogP contribution in [0.5, 0.6) is 11.5 Å². The molecule has 2 aliphatic carbocycles. The number of halogens is 1. The molecule has 0 atom stereocenters. The summed E-state index contributed by atoms with van der Waals surface area (Å²) >= 11 is 5.00. The zero-order chi connectivity index (χ0) is 52.2. The molecule has 13 heteroatoms. The van der Waals surface area contributed by atoms with Crippen LogP contribution in [0.15, 0.2) is 95.5 Å². The Kier molecular flexibility index (Phi) is 18.8. The van der Waals surface area contributed by atoms with Gasteiger partial charge in [0.2, 0.25) is 0 Å². The van der Waals surface area contributed by atoms with Crippen molar-refractivity contribution in [1.82, 2.24) is 9.97 Å². The van der Waals surface area contributed by atoms with E-state index in [2.05, 4.69) is 50.2 Å². The van der Waals surface area contributed by atoms with Gasteiger partial charge in [-0.15, -0.1) is 0 Å². The number of hydrogen-bond donors (Lipinski definition) is 1. The maximum Gasteiger partial charge on any atom is 0.358 e. The molecular weight excluding hydrogens is 1010 g/mol. The lowest BCUT2D eigenvalue weighted by molar-refractivity contribution is -0.108. The minimum absolute atomic E-state index is 0.127. The quantitative estimate of drug-likeness (QED) is 0.0534. The van der Waals surface area contributed by atoms with Crippen LogP contribution in [-0.2, 0) is 27.3 Å². The van der Waals surface area contributed by atoms with Crippen molar-refractivity contribution in [3.8, 4) is 22.6 Å². The number of ether oxygens (including phenoxy) is 3. The van der Waals surface area contributed by atoms with Crippen molar-refractivity contribution in [2.24, 2.45) is 11.8 Å². The summed E-state index contributed by atoms with van der Waals surface area (Å²) in [6, 6.07) is 29.7. The largest absolute Gasteiger partial charge is 0.490 e. The van der Waals surface area contributed by atoms with Gasteiger partial charge in [0.25, 0.3) is 5.91 Å². The van der Waals surface area contributed by atoms with E-state index in [1.165, 1.54) is 36.2 Å². The minimum atomic E-state index is -0.715. The number of para-hydroxylation sites is 1. The standard InChI is InChI=1S/C44H48N4O5S.C17H23BrO2/c1-28-32(13-10-16-37(28)52-31-20-18-29(19-21-31)11-7-8-26-49)33-22-23-39(46-40(33)42(51)53-44(2,3)4)48-25-24-30-12-9-14-34(35(30)27-48)41(50)47-43-45-36-15-5-6-17-38(36)54-43;1-13-16(18)6-4-7-17(13)20-15-10-8-14(9-11-15)5-2-3-12-19/h5-6,9-10,12-17,22-23,26,29,31H,7-8,11,18-21,24-25,27H2,1-4H3,(H,45,47,50);4,6-7,12,14-15H,2-3,5,8-11H2,1H3. The average molecular weight is 1080 g/mol. The third-order valence-electron chi connectivity index (χ3n) is 14.7. The zero-order valence-electron chi connectivity index (χ0n) is 43.6. The molecule has 2 fully saturated rings. The number of rotatable bonds is 17. The first kappa shape index (κ1) is 54.3. The SMILES string of the molecule is Cc1c(Br)cccc1OC1CCC(CCCC=O)CC1.Cc1c(OC2CCC(CCCC=O)CC2)cccc1-c1ccc(N2CCc3cccc(C(=O)Nc4nc5ccccc5s4)c3C2)nc1C(=O)OC(C)(C)C. The van der Waals surface area contributed by atoms with Crippen molar-refractivity contribution in [2.45, 2.75) is 155 Å². The van der Waals surface area contributed by atoms with Crippen LogP contribution >= 0.6 is 27.3 Å². The van der Waals surface area contributed by atoms with Crippen LogP contribution < -0.4 is 19.7 Å². The fourth-order valence-corrected chi connectivity index (χ4v) is 11.8. The number of aromatic nitrogens is 2. The molecule has 6 aromatic rings. The molecule has 9 rings (SSSR count). The lowest BCUT2D eigenvalue weighted by Gasteiger charge is -2.31. The van der Waals surface area contributed by atoms with E-state index in [0.717, 1.165) is 131 Å². The number of carbonyl (C=O) groups excluding carboxylic acids is 4. The number of pyridine rings is 1. The molecule has 2 aromatic heterocycles. The summed E-state index contributed by atoms with van der Waals surface area (Å²) < 4.78 is 20.8. The highest BCUT2D eigenvalue weighted by Crippen LogP contribution is 2.38. The number of nitrogens with one attached hydrogen (secondary N) is 1. The zero-order valence-corrected chi connectivity index (χ0v) is 46.0. The van der Waals surface area contributed by atoms with Crippen molar-refractivity contribution in [1.29, 1.82) is 0 Å². The lowest BCUT2D eigenvalue weighted by Crippen LogP contribution is -2.33. The Balaban J connectivity index is 0.000000305. The van der Waals surface area contributed by atoms with E-state index in [9.17, 15) is 19.2 Å². The fraction of sp³-hybridized carbons (Fsp3) is 0.443. The summed E-state index contributed by atoms with van der Waals surface area (Å²) in [6.45, 7) is 10.8. The molecule has 0 radical (unpaired) electrons. The van der Waals surface area contributed by atoms with E-state index >= 15 is 0 Å².